The molecule has 1 fully saturated rings. The first-order chi connectivity index (χ1) is 14.4. The molecule has 2 amide bonds. The summed E-state index contributed by atoms with van der Waals surface area (Å²) in [4.78, 5) is 39.1. The smallest absolute Gasteiger partial charge is 0.228 e. The van der Waals surface area contributed by atoms with Crippen molar-refractivity contribution in [2.24, 2.45) is 11.8 Å². The summed E-state index contributed by atoms with van der Waals surface area (Å²) in [5.74, 6) is 2.96. The average molecular weight is 411 g/mol. The summed E-state index contributed by atoms with van der Waals surface area (Å²) in [5, 5.41) is 0. The molecule has 1 aromatic heterocycles. The predicted molar refractivity (Wildman–Crippen MR) is 117 cm³/mol. The van der Waals surface area contributed by atoms with Gasteiger partial charge in [-0.25, -0.2) is 9.97 Å². The van der Waals surface area contributed by atoms with Crippen molar-refractivity contribution in [3.05, 3.63) is 29.2 Å². The third kappa shape index (κ3) is 4.28. The summed E-state index contributed by atoms with van der Waals surface area (Å²) in [6, 6.07) is 0. The normalized spacial score (nSPS) is 22.5. The second-order valence-electron chi connectivity index (χ2n) is 9.45. The lowest BCUT2D eigenvalue weighted by atomic mass is 9.90. The molecule has 0 aromatic carbocycles. The number of nitrogens with zero attached hydrogens (tertiary/aromatic N) is 4. The van der Waals surface area contributed by atoms with Gasteiger partial charge in [0.05, 0.1) is 0 Å². The number of aromatic nitrogens is 2. The van der Waals surface area contributed by atoms with Crippen LogP contribution in [0.1, 0.15) is 75.4 Å². The van der Waals surface area contributed by atoms with Gasteiger partial charge in [-0.3, -0.25) is 14.5 Å². The van der Waals surface area contributed by atoms with Gasteiger partial charge in [-0.05, 0) is 51.4 Å². The number of hydrogen-bond donors (Lipinski definition) is 0. The monoisotopic (exact) mass is 410 g/mol. The van der Waals surface area contributed by atoms with Gasteiger partial charge in [-0.1, -0.05) is 26.0 Å². The molecular weight excluding hydrogens is 376 g/mol. The van der Waals surface area contributed by atoms with Gasteiger partial charge in [0.15, 0.2) is 0 Å². The molecule has 4 rings (SSSR count). The van der Waals surface area contributed by atoms with Gasteiger partial charge in [0.1, 0.15) is 11.6 Å². The molecule has 2 aliphatic heterocycles. The van der Waals surface area contributed by atoms with E-state index in [-0.39, 0.29) is 17.7 Å². The molecule has 1 saturated heterocycles. The van der Waals surface area contributed by atoms with Crippen molar-refractivity contribution >= 4 is 17.6 Å². The number of aryl methyl sites for hydroxylation is 1. The predicted octanol–water partition coefficient (Wildman–Crippen LogP) is 3.78. The number of rotatable bonds is 4. The van der Waals surface area contributed by atoms with E-state index in [0.29, 0.717) is 24.8 Å². The van der Waals surface area contributed by atoms with E-state index in [1.807, 2.05) is 16.7 Å². The molecular formula is C24H34N4O2. The van der Waals surface area contributed by atoms with Crippen LogP contribution in [0.15, 0.2) is 12.2 Å². The molecule has 0 N–H and O–H groups in total. The SMILES string of the molecule is Cc1nc(C2CCN(C(=O)[C@H]3CC=CCC3)CC2)nc2c1CCC(=O)N2CC(C)C. The molecule has 162 valence electrons. The average Bonchev–Trinajstić information content (AvgIpc) is 2.75. The Morgan fingerprint density at radius 3 is 2.57 bits per heavy atom. The zero-order chi connectivity index (χ0) is 21.3. The molecule has 0 spiro atoms. The van der Waals surface area contributed by atoms with Crippen molar-refractivity contribution in [1.29, 1.82) is 0 Å². The maximum Gasteiger partial charge on any atom is 0.228 e. The third-order valence-corrected chi connectivity index (χ3v) is 6.69. The van der Waals surface area contributed by atoms with E-state index in [0.717, 1.165) is 74.5 Å². The molecule has 6 heteroatoms. The number of amides is 2. The minimum absolute atomic E-state index is 0.157. The van der Waals surface area contributed by atoms with Crippen molar-refractivity contribution in [2.75, 3.05) is 24.5 Å². The summed E-state index contributed by atoms with van der Waals surface area (Å²) in [5.41, 5.74) is 2.13. The number of carbonyl (C=O) groups excluding carboxylic acids is 2. The number of anilines is 1. The molecule has 0 radical (unpaired) electrons. The van der Waals surface area contributed by atoms with Gasteiger partial charge in [0.2, 0.25) is 11.8 Å². The first-order valence-electron chi connectivity index (χ1n) is 11.6. The van der Waals surface area contributed by atoms with E-state index in [9.17, 15) is 9.59 Å². The molecule has 0 saturated carbocycles. The van der Waals surface area contributed by atoms with Crippen LogP contribution >= 0.6 is 0 Å². The van der Waals surface area contributed by atoms with Crippen molar-refractivity contribution in [2.45, 2.75) is 71.6 Å². The van der Waals surface area contributed by atoms with Crippen LogP contribution in [-0.4, -0.2) is 46.3 Å². The molecule has 6 nitrogen and oxygen atoms in total. The molecule has 1 atom stereocenters. The molecule has 0 unspecified atom stereocenters. The van der Waals surface area contributed by atoms with E-state index >= 15 is 0 Å². The maximum atomic E-state index is 12.8. The van der Waals surface area contributed by atoms with Crippen LogP contribution in [0.2, 0.25) is 0 Å². The van der Waals surface area contributed by atoms with Gasteiger partial charge >= 0.3 is 0 Å². The zero-order valence-corrected chi connectivity index (χ0v) is 18.6. The maximum absolute atomic E-state index is 12.8. The van der Waals surface area contributed by atoms with Crippen LogP contribution in [0.4, 0.5) is 5.82 Å². The fraction of sp³-hybridized carbons (Fsp3) is 0.667. The van der Waals surface area contributed by atoms with Gasteiger partial charge in [-0.15, -0.1) is 0 Å². The number of allylic oxidation sites excluding steroid dienone is 2. The number of likely N-dealkylation sites (tertiary alicyclic amines) is 1. The lowest BCUT2D eigenvalue weighted by Crippen LogP contribution is -2.42. The van der Waals surface area contributed by atoms with E-state index < -0.39 is 0 Å². The van der Waals surface area contributed by atoms with Crippen LogP contribution in [0.5, 0.6) is 0 Å². The molecule has 3 aliphatic rings. The minimum Gasteiger partial charge on any atom is -0.342 e. The second kappa shape index (κ2) is 8.86. The fourth-order valence-corrected chi connectivity index (χ4v) is 4.97. The van der Waals surface area contributed by atoms with Crippen LogP contribution in [0.3, 0.4) is 0 Å². The highest BCUT2D eigenvalue weighted by Crippen LogP contribution is 2.33. The Hall–Kier alpha value is -2.24. The summed E-state index contributed by atoms with van der Waals surface area (Å²) >= 11 is 0. The zero-order valence-electron chi connectivity index (χ0n) is 18.6. The third-order valence-electron chi connectivity index (χ3n) is 6.69. The van der Waals surface area contributed by atoms with Gasteiger partial charge in [0.25, 0.3) is 0 Å². The largest absolute Gasteiger partial charge is 0.342 e. The van der Waals surface area contributed by atoms with E-state index in [2.05, 4.69) is 26.0 Å². The van der Waals surface area contributed by atoms with E-state index in [4.69, 9.17) is 9.97 Å². The molecule has 3 heterocycles. The number of hydrogen-bond acceptors (Lipinski definition) is 4. The van der Waals surface area contributed by atoms with Crippen LogP contribution in [-0.2, 0) is 16.0 Å². The summed E-state index contributed by atoms with van der Waals surface area (Å²) in [6.45, 7) is 8.56. The Morgan fingerprint density at radius 2 is 1.90 bits per heavy atom. The van der Waals surface area contributed by atoms with Crippen molar-refractivity contribution in [3.8, 4) is 0 Å². The summed E-state index contributed by atoms with van der Waals surface area (Å²) < 4.78 is 0. The Kier molecular flexibility index (Phi) is 6.21. The summed E-state index contributed by atoms with van der Waals surface area (Å²) in [7, 11) is 0. The van der Waals surface area contributed by atoms with E-state index in [1.54, 1.807) is 0 Å². The van der Waals surface area contributed by atoms with Crippen molar-refractivity contribution in [3.63, 3.8) is 0 Å². The molecule has 30 heavy (non-hydrogen) atoms. The standard InChI is InChI=1S/C24H34N4O2/c1-16(2)15-28-21(29)10-9-20-17(3)25-22(26-23(20)28)18-11-13-27(14-12-18)24(30)19-7-5-4-6-8-19/h4-5,16,18-19H,6-15H2,1-3H3/t19-/m0/s1. The van der Waals surface area contributed by atoms with Crippen LogP contribution in [0.25, 0.3) is 0 Å². The lowest BCUT2D eigenvalue weighted by Gasteiger charge is -2.35. The topological polar surface area (TPSA) is 66.4 Å². The van der Waals surface area contributed by atoms with Crippen LogP contribution < -0.4 is 4.90 Å². The molecule has 1 aromatic rings. The quantitative estimate of drug-likeness (QED) is 0.709. The molecule has 0 bridgehead atoms. The Bertz CT molecular complexity index is 840. The first kappa shape index (κ1) is 21.0. The number of piperidine rings is 1. The van der Waals surface area contributed by atoms with E-state index in [1.165, 1.54) is 0 Å². The highest BCUT2D eigenvalue weighted by atomic mass is 16.2. The number of carbonyl (C=O) groups is 2. The minimum atomic E-state index is 0.157. The van der Waals surface area contributed by atoms with Crippen molar-refractivity contribution < 1.29 is 9.59 Å². The van der Waals surface area contributed by atoms with Crippen molar-refractivity contribution in [1.82, 2.24) is 14.9 Å². The number of fused-ring (bicyclic) bond motifs is 1. The lowest BCUT2D eigenvalue weighted by molar-refractivity contribution is -0.136. The molecule has 1 aliphatic carbocycles. The Labute approximate surface area is 179 Å². The Morgan fingerprint density at radius 1 is 1.13 bits per heavy atom. The summed E-state index contributed by atoms with van der Waals surface area (Å²) in [6.07, 6.45) is 10.3. The first-order valence-corrected chi connectivity index (χ1v) is 11.6. The van der Waals surface area contributed by atoms with Gasteiger partial charge < -0.3 is 4.90 Å². The Balaban J connectivity index is 1.48. The fourth-order valence-electron chi connectivity index (χ4n) is 4.97. The highest BCUT2D eigenvalue weighted by Gasteiger charge is 2.32. The van der Waals surface area contributed by atoms with Gasteiger partial charge in [-0.2, -0.15) is 0 Å². The van der Waals surface area contributed by atoms with Gasteiger partial charge in [0, 0.05) is 49.1 Å². The highest BCUT2D eigenvalue weighted by molar-refractivity contribution is 5.95. The second-order valence-corrected chi connectivity index (χ2v) is 9.45. The van der Waals surface area contributed by atoms with Crippen LogP contribution in [0, 0.1) is 18.8 Å².